The van der Waals surface area contributed by atoms with Crippen LogP contribution in [0.3, 0.4) is 0 Å². The molecule has 0 N–H and O–H groups in total. The van der Waals surface area contributed by atoms with Gasteiger partial charge in [-0.3, -0.25) is 0 Å². The lowest BCUT2D eigenvalue weighted by Gasteiger charge is -2.26. The van der Waals surface area contributed by atoms with E-state index in [0.29, 0.717) is 29.0 Å². The normalized spacial score (nSPS) is 13.2. The third kappa shape index (κ3) is 5.24. The van der Waals surface area contributed by atoms with Gasteiger partial charge >= 0.3 is 0 Å². The van der Waals surface area contributed by atoms with Crippen molar-refractivity contribution in [2.45, 2.75) is 19.3 Å². The van der Waals surface area contributed by atoms with Crippen molar-refractivity contribution in [2.75, 3.05) is 0 Å². The van der Waals surface area contributed by atoms with E-state index >= 15 is 0 Å². The average molecular weight is 773 g/mol. The van der Waals surface area contributed by atoms with Crippen LogP contribution in [0.25, 0.3) is 83.9 Å². The lowest BCUT2D eigenvalue weighted by atomic mass is 9.82. The van der Waals surface area contributed by atoms with E-state index in [9.17, 15) is 0 Å². The van der Waals surface area contributed by atoms with E-state index in [4.69, 9.17) is 24.4 Å². The molecule has 6 nitrogen and oxygen atoms in total. The molecule has 1 aliphatic carbocycles. The molecule has 2 aliphatic rings. The summed E-state index contributed by atoms with van der Waals surface area (Å²) in [6.45, 7) is 4.55. The van der Waals surface area contributed by atoms with Gasteiger partial charge in [0.1, 0.15) is 0 Å². The second-order valence-electron chi connectivity index (χ2n) is 16.0. The van der Waals surface area contributed by atoms with Crippen LogP contribution in [0.5, 0.6) is 23.0 Å². The van der Waals surface area contributed by atoms with Gasteiger partial charge in [0.25, 0.3) is 0 Å². The summed E-state index contributed by atoms with van der Waals surface area (Å²) in [5, 5.41) is 2.46. The highest BCUT2D eigenvalue weighted by atomic mass is 16.6. The SMILES string of the molecule is CC1(C)c2ccccc2-c2c1ccc1c2Oc2c(cccc2-c2ccc(-c3nc(-c4ccccc4)nc(-c4ccc(-n5c6ccccc6c6ccccc65)cc4)n3)cc2)O1. The van der Waals surface area contributed by atoms with Crippen LogP contribution < -0.4 is 9.47 Å². The predicted molar refractivity (Wildman–Crippen MR) is 240 cm³/mol. The summed E-state index contributed by atoms with van der Waals surface area (Å²) in [5.41, 5.74) is 12.7. The molecule has 6 heteroatoms. The standard InChI is InChI=1S/C54H36N4O2/c1-54(2)42-19-9-6-17-41(42)48-43(54)31-32-47-50(48)60-49-38(18-12-22-46(49)59-47)33-23-25-35(26-24-33)52-55-51(34-13-4-3-5-14-34)56-53(57-52)36-27-29-37(30-28-36)58-44-20-10-7-15-39(44)40-16-8-11-21-45(40)58/h3-32H,1-2H3. The molecule has 3 heterocycles. The third-order valence-electron chi connectivity index (χ3n) is 12.2. The van der Waals surface area contributed by atoms with E-state index in [-0.39, 0.29) is 5.41 Å². The molecule has 0 saturated heterocycles. The topological polar surface area (TPSA) is 62.1 Å². The van der Waals surface area contributed by atoms with Crippen molar-refractivity contribution in [3.05, 3.63) is 193 Å². The first kappa shape index (κ1) is 34.2. The Hall–Kier alpha value is -7.83. The molecule has 1 aliphatic heterocycles. The molecular formula is C54H36N4O2. The fourth-order valence-corrected chi connectivity index (χ4v) is 9.18. The number of nitrogens with zero attached hydrogens (tertiary/aromatic N) is 4. The van der Waals surface area contributed by atoms with E-state index in [0.717, 1.165) is 50.6 Å². The van der Waals surface area contributed by atoms with Crippen molar-refractivity contribution in [3.63, 3.8) is 0 Å². The molecule has 0 unspecified atom stereocenters. The van der Waals surface area contributed by atoms with Crippen LogP contribution in [0.1, 0.15) is 25.0 Å². The summed E-state index contributed by atoms with van der Waals surface area (Å²) < 4.78 is 15.8. The number of para-hydroxylation sites is 3. The van der Waals surface area contributed by atoms with Crippen molar-refractivity contribution < 1.29 is 9.47 Å². The molecule has 2 aromatic heterocycles. The summed E-state index contributed by atoms with van der Waals surface area (Å²) in [5.74, 6) is 4.69. The first-order valence-corrected chi connectivity index (χ1v) is 20.3. The summed E-state index contributed by atoms with van der Waals surface area (Å²) in [6, 6.07) is 62.9. The quantitative estimate of drug-likeness (QED) is 0.174. The summed E-state index contributed by atoms with van der Waals surface area (Å²) in [6.07, 6.45) is 0. The number of ether oxygens (including phenoxy) is 2. The predicted octanol–water partition coefficient (Wildman–Crippen LogP) is 13.8. The fraction of sp³-hybridized carbons (Fsp3) is 0.0556. The van der Waals surface area contributed by atoms with Gasteiger partial charge in [-0.25, -0.2) is 15.0 Å². The average Bonchev–Trinajstić information content (AvgIpc) is 3.77. The van der Waals surface area contributed by atoms with Crippen LogP contribution in [-0.4, -0.2) is 19.5 Å². The zero-order valence-electron chi connectivity index (χ0n) is 32.9. The Morgan fingerprint density at radius 1 is 0.400 bits per heavy atom. The smallest absolute Gasteiger partial charge is 0.178 e. The molecule has 284 valence electrons. The Morgan fingerprint density at radius 3 is 1.62 bits per heavy atom. The van der Waals surface area contributed by atoms with Crippen LogP contribution in [0, 0.1) is 0 Å². The van der Waals surface area contributed by atoms with E-state index in [1.165, 1.54) is 38.5 Å². The fourth-order valence-electron chi connectivity index (χ4n) is 9.18. The van der Waals surface area contributed by atoms with Crippen LogP contribution in [0.2, 0.25) is 0 Å². The highest BCUT2D eigenvalue weighted by Gasteiger charge is 2.39. The van der Waals surface area contributed by atoms with Crippen molar-refractivity contribution >= 4 is 21.8 Å². The maximum absolute atomic E-state index is 6.91. The molecule has 60 heavy (non-hydrogen) atoms. The van der Waals surface area contributed by atoms with Crippen molar-refractivity contribution in [3.8, 4) is 85.1 Å². The van der Waals surface area contributed by atoms with Gasteiger partial charge in [0.05, 0.1) is 11.0 Å². The van der Waals surface area contributed by atoms with E-state index in [1.54, 1.807) is 0 Å². The lowest BCUT2D eigenvalue weighted by molar-refractivity contribution is 0.361. The molecular weight excluding hydrogens is 737 g/mol. The number of aromatic nitrogens is 4. The van der Waals surface area contributed by atoms with Crippen molar-refractivity contribution in [1.82, 2.24) is 19.5 Å². The minimum absolute atomic E-state index is 0.147. The van der Waals surface area contributed by atoms with Crippen LogP contribution in [0.15, 0.2) is 182 Å². The summed E-state index contributed by atoms with van der Waals surface area (Å²) in [7, 11) is 0. The zero-order valence-corrected chi connectivity index (χ0v) is 32.9. The highest BCUT2D eigenvalue weighted by Crippen LogP contribution is 2.59. The molecule has 0 saturated carbocycles. The molecule has 0 fully saturated rings. The zero-order chi connectivity index (χ0) is 40.0. The van der Waals surface area contributed by atoms with Gasteiger partial charge in [0, 0.05) is 49.7 Å². The Balaban J connectivity index is 0.911. The summed E-state index contributed by atoms with van der Waals surface area (Å²) >= 11 is 0. The number of benzene rings is 8. The van der Waals surface area contributed by atoms with Gasteiger partial charge in [-0.2, -0.15) is 0 Å². The Bertz CT molecular complexity index is 3280. The van der Waals surface area contributed by atoms with E-state index in [1.807, 2.05) is 48.5 Å². The lowest BCUT2D eigenvalue weighted by Crippen LogP contribution is -2.15. The van der Waals surface area contributed by atoms with Crippen molar-refractivity contribution in [2.24, 2.45) is 0 Å². The number of hydrogen-bond acceptors (Lipinski definition) is 5. The maximum atomic E-state index is 6.91. The van der Waals surface area contributed by atoms with Gasteiger partial charge in [0.2, 0.25) is 0 Å². The first-order chi connectivity index (χ1) is 29.5. The molecule has 0 amide bonds. The second kappa shape index (κ2) is 13.1. The molecule has 0 atom stereocenters. The molecule has 8 aromatic carbocycles. The van der Waals surface area contributed by atoms with E-state index in [2.05, 4.69) is 152 Å². The maximum Gasteiger partial charge on any atom is 0.178 e. The van der Waals surface area contributed by atoms with Gasteiger partial charge < -0.3 is 14.0 Å². The number of hydrogen-bond donors (Lipinski definition) is 0. The Labute approximate surface area is 347 Å². The van der Waals surface area contributed by atoms with Gasteiger partial charge in [-0.05, 0) is 70.8 Å². The van der Waals surface area contributed by atoms with Crippen LogP contribution >= 0.6 is 0 Å². The molecule has 0 bridgehead atoms. The van der Waals surface area contributed by atoms with Crippen LogP contribution in [-0.2, 0) is 5.41 Å². The van der Waals surface area contributed by atoms with Gasteiger partial charge in [0.15, 0.2) is 40.5 Å². The minimum Gasteiger partial charge on any atom is -0.449 e. The summed E-state index contributed by atoms with van der Waals surface area (Å²) in [4.78, 5) is 15.1. The molecule has 12 rings (SSSR count). The Kier molecular flexibility index (Phi) is 7.47. The van der Waals surface area contributed by atoms with Crippen molar-refractivity contribution in [1.29, 1.82) is 0 Å². The molecule has 0 radical (unpaired) electrons. The van der Waals surface area contributed by atoms with Gasteiger partial charge in [-0.1, -0.05) is 147 Å². The largest absolute Gasteiger partial charge is 0.449 e. The third-order valence-corrected chi connectivity index (χ3v) is 12.2. The Morgan fingerprint density at radius 2 is 0.933 bits per heavy atom. The number of fused-ring (bicyclic) bond motifs is 9. The number of rotatable bonds is 5. The minimum atomic E-state index is -0.147. The highest BCUT2D eigenvalue weighted by molar-refractivity contribution is 6.09. The molecule has 0 spiro atoms. The monoisotopic (exact) mass is 772 g/mol. The first-order valence-electron chi connectivity index (χ1n) is 20.3. The van der Waals surface area contributed by atoms with Gasteiger partial charge in [-0.15, -0.1) is 0 Å². The van der Waals surface area contributed by atoms with Crippen LogP contribution in [0.4, 0.5) is 0 Å². The molecule has 10 aromatic rings. The second-order valence-corrected chi connectivity index (χ2v) is 16.0. The van der Waals surface area contributed by atoms with E-state index < -0.39 is 0 Å².